The molecule has 0 amide bonds. The third kappa shape index (κ3) is 3.35. The highest BCUT2D eigenvalue weighted by atomic mass is 19.1. The zero-order chi connectivity index (χ0) is 14.5. The van der Waals surface area contributed by atoms with Crippen LogP contribution in [0.15, 0.2) is 48.5 Å². The number of ether oxygens (including phenoxy) is 1. The van der Waals surface area contributed by atoms with E-state index in [0.29, 0.717) is 5.69 Å². The normalized spacial score (nSPS) is 11.8. The molecule has 0 spiro atoms. The number of aryl methyl sites for hydroxylation is 1. The summed E-state index contributed by atoms with van der Waals surface area (Å²) < 4.78 is 18.0. The van der Waals surface area contributed by atoms with Crippen molar-refractivity contribution in [2.24, 2.45) is 0 Å². The fourth-order valence-electron chi connectivity index (χ4n) is 1.90. The van der Waals surface area contributed by atoms with Crippen molar-refractivity contribution in [3.05, 3.63) is 65.5 Å². The van der Waals surface area contributed by atoms with E-state index in [1.807, 2.05) is 31.2 Å². The van der Waals surface area contributed by atoms with Gasteiger partial charge in [0.1, 0.15) is 5.82 Å². The van der Waals surface area contributed by atoms with Gasteiger partial charge in [0.25, 0.3) is 0 Å². The molecule has 0 fully saturated rings. The van der Waals surface area contributed by atoms with E-state index in [2.05, 4.69) is 5.32 Å². The lowest BCUT2D eigenvalue weighted by atomic mass is 10.0. The van der Waals surface area contributed by atoms with Gasteiger partial charge in [0.2, 0.25) is 0 Å². The molecule has 20 heavy (non-hydrogen) atoms. The number of nitrogens with one attached hydrogen (secondary N) is 1. The number of halogens is 1. The van der Waals surface area contributed by atoms with E-state index < -0.39 is 12.0 Å². The Hall–Kier alpha value is -2.36. The van der Waals surface area contributed by atoms with Crippen molar-refractivity contribution in [1.29, 1.82) is 0 Å². The van der Waals surface area contributed by atoms with E-state index in [0.717, 1.165) is 11.1 Å². The van der Waals surface area contributed by atoms with Crippen molar-refractivity contribution < 1.29 is 13.9 Å². The Kier molecular flexibility index (Phi) is 4.35. The third-order valence-electron chi connectivity index (χ3n) is 2.98. The summed E-state index contributed by atoms with van der Waals surface area (Å²) in [4.78, 5) is 11.9. The lowest BCUT2D eigenvalue weighted by molar-refractivity contribution is -0.141. The largest absolute Gasteiger partial charge is 0.467 e. The third-order valence-corrected chi connectivity index (χ3v) is 2.98. The summed E-state index contributed by atoms with van der Waals surface area (Å²) in [5.41, 5.74) is 2.40. The minimum absolute atomic E-state index is 0.359. The molecular formula is C16H16FNO2. The first-order chi connectivity index (χ1) is 9.60. The maximum absolute atomic E-state index is 13.2. The lowest BCUT2D eigenvalue weighted by Gasteiger charge is -2.18. The highest BCUT2D eigenvalue weighted by Crippen LogP contribution is 2.22. The SMILES string of the molecule is COC(=O)C(Nc1cccc(F)c1)c1ccc(C)cc1. The molecular weight excluding hydrogens is 257 g/mol. The molecule has 0 saturated heterocycles. The standard InChI is InChI=1S/C16H16FNO2/c1-11-6-8-12(9-7-11)15(16(19)20-2)18-14-5-3-4-13(17)10-14/h3-10,15,18H,1-2H3. The minimum Gasteiger partial charge on any atom is -0.467 e. The van der Waals surface area contributed by atoms with Gasteiger partial charge in [0, 0.05) is 5.69 Å². The zero-order valence-corrected chi connectivity index (χ0v) is 11.4. The summed E-state index contributed by atoms with van der Waals surface area (Å²) in [7, 11) is 1.33. The molecule has 2 rings (SSSR count). The van der Waals surface area contributed by atoms with Gasteiger partial charge in [-0.1, -0.05) is 35.9 Å². The number of anilines is 1. The lowest BCUT2D eigenvalue weighted by Crippen LogP contribution is -2.22. The Labute approximate surface area is 117 Å². The average molecular weight is 273 g/mol. The highest BCUT2D eigenvalue weighted by Gasteiger charge is 2.21. The Bertz CT molecular complexity index is 596. The van der Waals surface area contributed by atoms with Crippen LogP contribution >= 0.6 is 0 Å². The minimum atomic E-state index is -0.664. The summed E-state index contributed by atoms with van der Waals surface area (Å²) in [5.74, 6) is -0.777. The van der Waals surface area contributed by atoms with Gasteiger partial charge >= 0.3 is 5.97 Å². The molecule has 0 aliphatic heterocycles. The summed E-state index contributed by atoms with van der Waals surface area (Å²) in [5, 5.41) is 2.99. The number of hydrogen-bond donors (Lipinski definition) is 1. The number of esters is 1. The van der Waals surface area contributed by atoms with Crippen LogP contribution < -0.4 is 5.32 Å². The Morgan fingerprint density at radius 1 is 1.20 bits per heavy atom. The molecule has 104 valence electrons. The van der Waals surface area contributed by atoms with Crippen LogP contribution in [0, 0.1) is 12.7 Å². The summed E-state index contributed by atoms with van der Waals surface area (Å²) in [6.45, 7) is 1.97. The van der Waals surface area contributed by atoms with Crippen molar-refractivity contribution in [1.82, 2.24) is 0 Å². The van der Waals surface area contributed by atoms with Crippen LogP contribution in [0.5, 0.6) is 0 Å². The summed E-state index contributed by atoms with van der Waals surface area (Å²) in [6.07, 6.45) is 0. The Morgan fingerprint density at radius 3 is 2.50 bits per heavy atom. The van der Waals surface area contributed by atoms with Gasteiger partial charge in [-0.3, -0.25) is 0 Å². The first kappa shape index (κ1) is 14.1. The maximum atomic E-state index is 13.2. The number of carbonyl (C=O) groups excluding carboxylic acids is 1. The first-order valence-corrected chi connectivity index (χ1v) is 6.26. The monoisotopic (exact) mass is 273 g/mol. The van der Waals surface area contributed by atoms with Gasteiger partial charge in [0.05, 0.1) is 7.11 Å². The fourth-order valence-corrected chi connectivity index (χ4v) is 1.90. The molecule has 0 radical (unpaired) electrons. The highest BCUT2D eigenvalue weighted by molar-refractivity contribution is 5.81. The van der Waals surface area contributed by atoms with Gasteiger partial charge < -0.3 is 10.1 Å². The molecule has 0 aromatic heterocycles. The molecule has 1 N–H and O–H groups in total. The molecule has 2 aromatic carbocycles. The van der Waals surface area contributed by atoms with Crippen LogP contribution in [-0.4, -0.2) is 13.1 Å². The molecule has 4 heteroatoms. The Morgan fingerprint density at radius 2 is 1.90 bits per heavy atom. The van der Waals surface area contributed by atoms with Crippen LogP contribution in [0.2, 0.25) is 0 Å². The smallest absolute Gasteiger partial charge is 0.332 e. The molecule has 0 bridgehead atoms. The molecule has 0 heterocycles. The van der Waals surface area contributed by atoms with Crippen molar-refractivity contribution in [2.45, 2.75) is 13.0 Å². The van der Waals surface area contributed by atoms with Crippen LogP contribution in [-0.2, 0) is 9.53 Å². The number of hydrogen-bond acceptors (Lipinski definition) is 3. The van der Waals surface area contributed by atoms with Crippen LogP contribution in [0.4, 0.5) is 10.1 Å². The van der Waals surface area contributed by atoms with E-state index in [9.17, 15) is 9.18 Å². The van der Waals surface area contributed by atoms with Crippen LogP contribution in [0.3, 0.4) is 0 Å². The van der Waals surface area contributed by atoms with Crippen LogP contribution in [0.1, 0.15) is 17.2 Å². The van der Waals surface area contributed by atoms with Gasteiger partial charge in [-0.15, -0.1) is 0 Å². The van der Waals surface area contributed by atoms with Gasteiger partial charge in [-0.25, -0.2) is 9.18 Å². The van der Waals surface area contributed by atoms with Gasteiger partial charge in [-0.05, 0) is 30.7 Å². The van der Waals surface area contributed by atoms with Gasteiger partial charge in [-0.2, -0.15) is 0 Å². The maximum Gasteiger partial charge on any atom is 0.332 e. The molecule has 2 aromatic rings. The van der Waals surface area contributed by atoms with E-state index >= 15 is 0 Å². The second-order valence-electron chi connectivity index (χ2n) is 4.52. The van der Waals surface area contributed by atoms with E-state index in [4.69, 9.17) is 4.74 Å². The predicted molar refractivity (Wildman–Crippen MR) is 76.0 cm³/mol. The topological polar surface area (TPSA) is 38.3 Å². The van der Waals surface area contributed by atoms with E-state index in [1.165, 1.54) is 19.2 Å². The van der Waals surface area contributed by atoms with Crippen LogP contribution in [0.25, 0.3) is 0 Å². The van der Waals surface area contributed by atoms with E-state index in [-0.39, 0.29) is 5.82 Å². The number of methoxy groups -OCH3 is 1. The fraction of sp³-hybridized carbons (Fsp3) is 0.188. The molecule has 1 atom stereocenters. The van der Waals surface area contributed by atoms with Crippen molar-refractivity contribution in [3.8, 4) is 0 Å². The van der Waals surface area contributed by atoms with Gasteiger partial charge in [0.15, 0.2) is 6.04 Å². The first-order valence-electron chi connectivity index (χ1n) is 6.26. The van der Waals surface area contributed by atoms with Crippen molar-refractivity contribution in [3.63, 3.8) is 0 Å². The molecule has 1 unspecified atom stereocenters. The van der Waals surface area contributed by atoms with E-state index in [1.54, 1.807) is 12.1 Å². The number of benzene rings is 2. The van der Waals surface area contributed by atoms with Crippen molar-refractivity contribution in [2.75, 3.05) is 12.4 Å². The Balaban J connectivity index is 2.28. The zero-order valence-electron chi connectivity index (χ0n) is 11.4. The number of carbonyl (C=O) groups is 1. The second-order valence-corrected chi connectivity index (χ2v) is 4.52. The summed E-state index contributed by atoms with van der Waals surface area (Å²) in [6, 6.07) is 12.8. The molecule has 0 aliphatic carbocycles. The molecule has 3 nitrogen and oxygen atoms in total. The van der Waals surface area contributed by atoms with Crippen molar-refractivity contribution >= 4 is 11.7 Å². The number of rotatable bonds is 4. The molecule has 0 saturated carbocycles. The predicted octanol–water partition coefficient (Wildman–Crippen LogP) is 3.46. The second kappa shape index (κ2) is 6.19. The average Bonchev–Trinajstić information content (AvgIpc) is 2.45. The molecule has 0 aliphatic rings. The summed E-state index contributed by atoms with van der Waals surface area (Å²) >= 11 is 0. The quantitative estimate of drug-likeness (QED) is 0.867.